The van der Waals surface area contributed by atoms with Crippen molar-refractivity contribution in [2.24, 2.45) is 5.73 Å². The second kappa shape index (κ2) is 7.15. The van der Waals surface area contributed by atoms with Gasteiger partial charge in [0.05, 0.1) is 34.7 Å². The molecule has 0 spiro atoms. The second-order valence-corrected chi connectivity index (χ2v) is 9.35. The Morgan fingerprint density at radius 3 is 2.63 bits per heavy atom. The summed E-state index contributed by atoms with van der Waals surface area (Å²) in [5.74, 6) is -0.186. The minimum absolute atomic E-state index is 0.101. The van der Waals surface area contributed by atoms with E-state index in [1.807, 2.05) is 9.47 Å². The molecule has 0 bridgehead atoms. The number of benzene rings is 1. The van der Waals surface area contributed by atoms with Gasteiger partial charge in [0, 0.05) is 25.2 Å². The summed E-state index contributed by atoms with van der Waals surface area (Å²) in [6.45, 7) is 1.23. The number of nitrogens with zero attached hydrogens (tertiary/aromatic N) is 3. The van der Waals surface area contributed by atoms with E-state index < -0.39 is 22.6 Å². The topological polar surface area (TPSA) is 105 Å². The van der Waals surface area contributed by atoms with E-state index in [2.05, 4.69) is 6.07 Å². The molecule has 158 valence electrons. The van der Waals surface area contributed by atoms with Crippen molar-refractivity contribution in [1.29, 1.82) is 5.26 Å². The summed E-state index contributed by atoms with van der Waals surface area (Å²) in [5.41, 5.74) is 6.69. The SMILES string of the molecule is COc1c(N2CCC(N)CC2)c(F)cc2c(=O)c3c(n(C4CC4)c12)SC(C#N)C3O. The Labute approximate surface area is 177 Å². The number of ether oxygens (including phenoxy) is 1. The van der Waals surface area contributed by atoms with Gasteiger partial charge in [-0.25, -0.2) is 4.39 Å². The molecule has 2 aromatic rings. The Morgan fingerprint density at radius 2 is 2.03 bits per heavy atom. The van der Waals surface area contributed by atoms with E-state index in [9.17, 15) is 15.2 Å². The number of hydrogen-bond donors (Lipinski definition) is 2. The van der Waals surface area contributed by atoms with Crippen LogP contribution in [0.2, 0.25) is 0 Å². The fourth-order valence-electron chi connectivity index (χ4n) is 4.60. The van der Waals surface area contributed by atoms with Crippen molar-refractivity contribution in [2.45, 2.75) is 54.1 Å². The fourth-order valence-corrected chi connectivity index (χ4v) is 5.85. The molecule has 0 amide bonds. The Balaban J connectivity index is 1.82. The van der Waals surface area contributed by atoms with Gasteiger partial charge in [0.1, 0.15) is 17.0 Å². The zero-order chi connectivity index (χ0) is 21.2. The molecule has 1 aliphatic carbocycles. The van der Waals surface area contributed by atoms with E-state index in [4.69, 9.17) is 10.5 Å². The van der Waals surface area contributed by atoms with E-state index in [0.29, 0.717) is 35.1 Å². The van der Waals surface area contributed by atoms with Crippen LogP contribution in [0, 0.1) is 17.1 Å². The quantitative estimate of drug-likeness (QED) is 0.771. The molecular formula is C21H23FN4O3S. The highest BCUT2D eigenvalue weighted by molar-refractivity contribution is 8.00. The molecule has 3 aliphatic rings. The lowest BCUT2D eigenvalue weighted by Gasteiger charge is -2.33. The number of aliphatic hydroxyl groups excluding tert-OH is 1. The number of nitrogens with two attached hydrogens (primary N) is 1. The number of pyridine rings is 1. The largest absolute Gasteiger partial charge is 0.492 e. The zero-order valence-corrected chi connectivity index (χ0v) is 17.4. The van der Waals surface area contributed by atoms with Crippen molar-refractivity contribution in [3.05, 3.63) is 27.7 Å². The number of thioether (sulfide) groups is 1. The Hall–Kier alpha value is -2.28. The van der Waals surface area contributed by atoms with Crippen LogP contribution in [0.3, 0.4) is 0 Å². The number of piperidine rings is 1. The van der Waals surface area contributed by atoms with Gasteiger partial charge in [-0.05, 0) is 31.7 Å². The molecule has 3 heterocycles. The molecule has 7 nitrogen and oxygen atoms in total. The van der Waals surface area contributed by atoms with Gasteiger partial charge in [-0.3, -0.25) is 4.79 Å². The number of halogens is 1. The number of anilines is 1. The first-order valence-corrected chi connectivity index (χ1v) is 11.1. The average molecular weight is 431 g/mol. The standard InChI is InChI=1S/C21H23FN4O3S/c1-29-20-16-12(8-13(22)17(20)25-6-4-10(24)5-7-25)18(27)15-19(28)14(9-23)30-21(15)26(16)11-2-3-11/h8,10-11,14,19,28H,2-7,24H2,1H3. The first-order valence-electron chi connectivity index (χ1n) is 10.2. The summed E-state index contributed by atoms with van der Waals surface area (Å²) in [6.07, 6.45) is 2.17. The lowest BCUT2D eigenvalue weighted by molar-refractivity contribution is 0.188. The van der Waals surface area contributed by atoms with Gasteiger partial charge in [-0.2, -0.15) is 5.26 Å². The number of hydrogen-bond acceptors (Lipinski definition) is 7. The minimum atomic E-state index is -1.19. The van der Waals surface area contributed by atoms with Crippen molar-refractivity contribution in [2.75, 3.05) is 25.1 Å². The first kappa shape index (κ1) is 19.7. The van der Waals surface area contributed by atoms with E-state index >= 15 is 4.39 Å². The molecule has 2 unspecified atom stereocenters. The summed E-state index contributed by atoms with van der Waals surface area (Å²) in [5, 5.41) is 20.0. The fraction of sp³-hybridized carbons (Fsp3) is 0.524. The third kappa shape index (κ3) is 2.82. The molecule has 3 N–H and O–H groups in total. The van der Waals surface area contributed by atoms with Crippen LogP contribution in [0.4, 0.5) is 10.1 Å². The van der Waals surface area contributed by atoms with Gasteiger partial charge >= 0.3 is 0 Å². The molecule has 1 saturated heterocycles. The van der Waals surface area contributed by atoms with Crippen molar-refractivity contribution in [3.63, 3.8) is 0 Å². The average Bonchev–Trinajstić information content (AvgIpc) is 3.51. The van der Waals surface area contributed by atoms with Gasteiger partial charge in [-0.1, -0.05) is 11.8 Å². The maximum atomic E-state index is 15.3. The van der Waals surface area contributed by atoms with E-state index in [0.717, 1.165) is 25.7 Å². The van der Waals surface area contributed by atoms with Gasteiger partial charge in [0.2, 0.25) is 0 Å². The highest BCUT2D eigenvalue weighted by Crippen LogP contribution is 2.51. The Kier molecular flexibility index (Phi) is 4.69. The number of methoxy groups -OCH3 is 1. The second-order valence-electron chi connectivity index (χ2n) is 8.22. The predicted octanol–water partition coefficient (Wildman–Crippen LogP) is 2.44. The van der Waals surface area contributed by atoms with Crippen LogP contribution in [-0.4, -0.2) is 41.2 Å². The van der Waals surface area contributed by atoms with Crippen molar-refractivity contribution in [1.82, 2.24) is 4.57 Å². The summed E-state index contributed by atoms with van der Waals surface area (Å²) < 4.78 is 23.1. The monoisotopic (exact) mass is 430 g/mol. The van der Waals surface area contributed by atoms with Crippen LogP contribution in [0.25, 0.3) is 10.9 Å². The van der Waals surface area contributed by atoms with Crippen molar-refractivity contribution < 1.29 is 14.2 Å². The molecule has 5 rings (SSSR count). The number of aliphatic hydroxyl groups is 1. The molecule has 2 aliphatic heterocycles. The molecule has 1 aromatic heterocycles. The van der Waals surface area contributed by atoms with E-state index in [-0.39, 0.29) is 23.0 Å². The normalized spacial score (nSPS) is 24.2. The molecule has 1 saturated carbocycles. The van der Waals surface area contributed by atoms with E-state index in [1.54, 1.807) is 0 Å². The first-order chi connectivity index (χ1) is 14.5. The highest BCUT2D eigenvalue weighted by atomic mass is 32.2. The molecular weight excluding hydrogens is 407 g/mol. The maximum absolute atomic E-state index is 15.3. The van der Waals surface area contributed by atoms with E-state index in [1.165, 1.54) is 24.9 Å². The smallest absolute Gasteiger partial charge is 0.196 e. The van der Waals surface area contributed by atoms with Crippen molar-refractivity contribution in [3.8, 4) is 11.8 Å². The van der Waals surface area contributed by atoms with Gasteiger partial charge in [0.15, 0.2) is 17.0 Å². The Bertz CT molecular complexity index is 1130. The predicted molar refractivity (Wildman–Crippen MR) is 113 cm³/mol. The molecule has 2 atom stereocenters. The number of rotatable bonds is 3. The molecule has 2 fully saturated rings. The lowest BCUT2D eigenvalue weighted by atomic mass is 10.0. The third-order valence-corrected chi connectivity index (χ3v) is 7.54. The maximum Gasteiger partial charge on any atom is 0.196 e. The minimum Gasteiger partial charge on any atom is -0.492 e. The summed E-state index contributed by atoms with van der Waals surface area (Å²) in [6, 6.07) is 3.58. The zero-order valence-electron chi connectivity index (χ0n) is 16.6. The number of fused-ring (bicyclic) bond motifs is 2. The summed E-state index contributed by atoms with van der Waals surface area (Å²) >= 11 is 1.21. The van der Waals surface area contributed by atoms with Gasteiger partial charge < -0.3 is 25.0 Å². The lowest BCUT2D eigenvalue weighted by Crippen LogP contribution is -2.40. The van der Waals surface area contributed by atoms with Crippen molar-refractivity contribution >= 4 is 28.4 Å². The number of nitriles is 1. The molecule has 30 heavy (non-hydrogen) atoms. The highest BCUT2D eigenvalue weighted by Gasteiger charge is 2.41. The molecule has 0 radical (unpaired) electrons. The van der Waals surface area contributed by atoms with Crippen LogP contribution in [0.1, 0.15) is 43.4 Å². The third-order valence-electron chi connectivity index (χ3n) is 6.28. The number of aromatic nitrogens is 1. The Morgan fingerprint density at radius 1 is 1.33 bits per heavy atom. The van der Waals surface area contributed by atoms with Crippen LogP contribution in [-0.2, 0) is 0 Å². The van der Waals surface area contributed by atoms with Crippen LogP contribution >= 0.6 is 11.8 Å². The summed E-state index contributed by atoms with van der Waals surface area (Å²) in [4.78, 5) is 15.2. The molecule has 1 aromatic carbocycles. The van der Waals surface area contributed by atoms with Crippen LogP contribution in [0.15, 0.2) is 15.9 Å². The van der Waals surface area contributed by atoms with Crippen LogP contribution < -0.4 is 20.8 Å². The molecule has 9 heteroatoms. The van der Waals surface area contributed by atoms with Crippen LogP contribution in [0.5, 0.6) is 5.75 Å². The summed E-state index contributed by atoms with van der Waals surface area (Å²) in [7, 11) is 1.49. The van der Waals surface area contributed by atoms with Gasteiger partial charge in [0.25, 0.3) is 0 Å². The van der Waals surface area contributed by atoms with Gasteiger partial charge in [-0.15, -0.1) is 0 Å².